The Balaban J connectivity index is 1.10. The fourth-order valence-electron chi connectivity index (χ4n) is 9.32. The van der Waals surface area contributed by atoms with Crippen LogP contribution in [0, 0.1) is 0 Å². The van der Waals surface area contributed by atoms with Gasteiger partial charge in [0.1, 0.15) is 0 Å². The lowest BCUT2D eigenvalue weighted by molar-refractivity contribution is 0.662. The van der Waals surface area contributed by atoms with Gasteiger partial charge in [-0.3, -0.25) is 0 Å². The van der Waals surface area contributed by atoms with Gasteiger partial charge in [0.25, 0.3) is 0 Å². The van der Waals surface area contributed by atoms with Crippen LogP contribution in [0.4, 0.5) is 0 Å². The molecule has 250 valence electrons. The molecule has 0 amide bonds. The van der Waals surface area contributed by atoms with E-state index in [2.05, 4.69) is 205 Å². The third-order valence-corrected chi connectivity index (χ3v) is 11.7. The largest absolute Gasteiger partial charge is 0.309 e. The predicted molar refractivity (Wildman–Crippen MR) is 224 cm³/mol. The molecule has 0 spiro atoms. The Morgan fingerprint density at radius 2 is 0.887 bits per heavy atom. The lowest BCUT2D eigenvalue weighted by Gasteiger charge is -2.24. The summed E-state index contributed by atoms with van der Waals surface area (Å²) in [5, 5.41) is 5.01. The zero-order valence-electron chi connectivity index (χ0n) is 29.7. The molecule has 10 aromatic rings. The normalized spacial score (nSPS) is 13.2. The molecule has 2 nitrogen and oxygen atoms in total. The Morgan fingerprint density at radius 3 is 1.60 bits per heavy atom. The molecule has 8 aromatic carbocycles. The van der Waals surface area contributed by atoms with E-state index < -0.39 is 0 Å². The first-order valence-corrected chi connectivity index (χ1v) is 18.5. The van der Waals surface area contributed by atoms with Crippen molar-refractivity contribution in [2.75, 3.05) is 0 Å². The summed E-state index contributed by atoms with van der Waals surface area (Å²) < 4.78 is 4.89. The summed E-state index contributed by atoms with van der Waals surface area (Å²) in [7, 11) is 0. The number of aromatic nitrogens is 2. The topological polar surface area (TPSA) is 9.86 Å². The van der Waals surface area contributed by atoms with E-state index in [0.29, 0.717) is 0 Å². The van der Waals surface area contributed by atoms with Crippen molar-refractivity contribution in [1.82, 2.24) is 9.13 Å². The van der Waals surface area contributed by atoms with E-state index in [0.717, 1.165) is 11.4 Å². The van der Waals surface area contributed by atoms with E-state index in [4.69, 9.17) is 0 Å². The summed E-state index contributed by atoms with van der Waals surface area (Å²) in [4.78, 5) is 0. The second kappa shape index (κ2) is 11.2. The van der Waals surface area contributed by atoms with E-state index in [1.165, 1.54) is 88.1 Å². The van der Waals surface area contributed by atoms with Crippen LogP contribution in [0.1, 0.15) is 25.0 Å². The summed E-state index contributed by atoms with van der Waals surface area (Å²) in [5.74, 6) is 0. The molecule has 0 unspecified atom stereocenters. The third kappa shape index (κ3) is 4.33. The maximum atomic E-state index is 2.45. The summed E-state index contributed by atoms with van der Waals surface area (Å²) >= 11 is 0. The van der Waals surface area contributed by atoms with Crippen molar-refractivity contribution >= 4 is 43.6 Å². The summed E-state index contributed by atoms with van der Waals surface area (Å²) in [6, 6.07) is 67.0. The number of hydrogen-bond acceptors (Lipinski definition) is 0. The van der Waals surface area contributed by atoms with Gasteiger partial charge in [0.15, 0.2) is 0 Å². The Morgan fingerprint density at radius 1 is 0.340 bits per heavy atom. The van der Waals surface area contributed by atoms with Gasteiger partial charge < -0.3 is 9.13 Å². The van der Waals surface area contributed by atoms with Crippen molar-refractivity contribution in [2.24, 2.45) is 0 Å². The van der Waals surface area contributed by atoms with Crippen LogP contribution in [0.15, 0.2) is 182 Å². The molecule has 0 N–H and O–H groups in total. The van der Waals surface area contributed by atoms with E-state index in [1.807, 2.05) is 0 Å². The first kappa shape index (κ1) is 30.0. The van der Waals surface area contributed by atoms with Gasteiger partial charge in [0.2, 0.25) is 0 Å². The lowest BCUT2D eigenvalue weighted by Crippen LogP contribution is -2.16. The van der Waals surface area contributed by atoms with Crippen LogP contribution in [0.25, 0.3) is 88.4 Å². The standard InChI is InChI=1S/C51H36N2/c1-51(2)45-23-9-6-18-39(45)42-22-13-21-38(50(42)51)34-26-28-36(29-27-34)52-46-24-10-7-19-40(46)43-32-49-44(31-48(43)52)41-20-8-11-25-47(41)53(49)37-17-12-16-35(30-37)33-14-4-3-5-15-33/h3-32H,1-2H3. The lowest BCUT2D eigenvalue weighted by atomic mass is 9.79. The van der Waals surface area contributed by atoms with Crippen molar-refractivity contribution in [3.8, 4) is 44.8 Å². The van der Waals surface area contributed by atoms with Crippen LogP contribution < -0.4 is 0 Å². The molecule has 1 aliphatic carbocycles. The van der Waals surface area contributed by atoms with Crippen molar-refractivity contribution in [2.45, 2.75) is 19.3 Å². The average molecular weight is 677 g/mol. The van der Waals surface area contributed by atoms with E-state index in [-0.39, 0.29) is 5.41 Å². The van der Waals surface area contributed by atoms with Gasteiger partial charge >= 0.3 is 0 Å². The van der Waals surface area contributed by atoms with Crippen molar-refractivity contribution in [3.05, 3.63) is 193 Å². The molecule has 2 heteroatoms. The van der Waals surface area contributed by atoms with Crippen molar-refractivity contribution < 1.29 is 0 Å². The molecule has 1 aliphatic rings. The molecule has 0 fully saturated rings. The summed E-state index contributed by atoms with van der Waals surface area (Å²) in [6.45, 7) is 4.73. The molecule has 0 saturated heterocycles. The molecule has 0 bridgehead atoms. The Kier molecular flexibility index (Phi) is 6.33. The molecule has 53 heavy (non-hydrogen) atoms. The molecule has 0 aliphatic heterocycles. The zero-order valence-corrected chi connectivity index (χ0v) is 29.7. The highest BCUT2D eigenvalue weighted by Gasteiger charge is 2.37. The number of fused-ring (bicyclic) bond motifs is 9. The number of rotatable bonds is 4. The maximum Gasteiger partial charge on any atom is 0.0548 e. The number of para-hydroxylation sites is 2. The Hall–Kier alpha value is -6.64. The van der Waals surface area contributed by atoms with Gasteiger partial charge in [0.05, 0.1) is 22.1 Å². The molecule has 11 rings (SSSR count). The third-order valence-electron chi connectivity index (χ3n) is 11.7. The van der Waals surface area contributed by atoms with Gasteiger partial charge in [0, 0.05) is 38.3 Å². The SMILES string of the molecule is CC1(C)c2ccccc2-c2cccc(-c3ccc(-n4c5ccccc5c5cc6c(cc54)c4ccccc4n6-c4cccc(-c5ccccc5)c4)cc3)c21. The molecule has 2 aromatic heterocycles. The summed E-state index contributed by atoms with van der Waals surface area (Å²) in [5.41, 5.74) is 17.6. The van der Waals surface area contributed by atoms with Crippen LogP contribution in [-0.2, 0) is 5.41 Å². The average Bonchev–Trinajstić information content (AvgIpc) is 3.80. The molecular formula is C51H36N2. The fraction of sp³-hybridized carbons (Fsp3) is 0.0588. The van der Waals surface area contributed by atoms with Crippen LogP contribution >= 0.6 is 0 Å². The molecule has 2 heterocycles. The van der Waals surface area contributed by atoms with Gasteiger partial charge in [-0.15, -0.1) is 0 Å². The zero-order chi connectivity index (χ0) is 35.3. The predicted octanol–water partition coefficient (Wildman–Crippen LogP) is 13.5. The first-order valence-electron chi connectivity index (χ1n) is 18.5. The van der Waals surface area contributed by atoms with Gasteiger partial charge in [-0.05, 0) is 93.0 Å². The van der Waals surface area contributed by atoms with Crippen LogP contribution in [-0.4, -0.2) is 9.13 Å². The van der Waals surface area contributed by atoms with E-state index in [9.17, 15) is 0 Å². The maximum absolute atomic E-state index is 2.45. The minimum absolute atomic E-state index is 0.0680. The monoisotopic (exact) mass is 676 g/mol. The quantitative estimate of drug-likeness (QED) is 0.176. The first-order chi connectivity index (χ1) is 26.1. The van der Waals surface area contributed by atoms with Gasteiger partial charge in [-0.1, -0.05) is 147 Å². The fourth-order valence-corrected chi connectivity index (χ4v) is 9.32. The molecule has 0 saturated carbocycles. The van der Waals surface area contributed by atoms with E-state index >= 15 is 0 Å². The van der Waals surface area contributed by atoms with Crippen LogP contribution in [0.2, 0.25) is 0 Å². The molecule has 0 radical (unpaired) electrons. The minimum atomic E-state index is -0.0680. The number of hydrogen-bond donors (Lipinski definition) is 0. The second-order valence-corrected chi connectivity index (χ2v) is 15.0. The molecule has 0 atom stereocenters. The highest BCUT2D eigenvalue weighted by Crippen LogP contribution is 2.52. The second-order valence-electron chi connectivity index (χ2n) is 15.0. The van der Waals surface area contributed by atoms with Gasteiger partial charge in [-0.25, -0.2) is 0 Å². The van der Waals surface area contributed by atoms with E-state index in [1.54, 1.807) is 0 Å². The smallest absolute Gasteiger partial charge is 0.0548 e. The Bertz CT molecular complexity index is 3060. The van der Waals surface area contributed by atoms with Gasteiger partial charge in [-0.2, -0.15) is 0 Å². The number of benzene rings is 8. The minimum Gasteiger partial charge on any atom is -0.309 e. The van der Waals surface area contributed by atoms with Crippen molar-refractivity contribution in [3.63, 3.8) is 0 Å². The summed E-state index contributed by atoms with van der Waals surface area (Å²) in [6.07, 6.45) is 0. The van der Waals surface area contributed by atoms with Crippen LogP contribution in [0.3, 0.4) is 0 Å². The Labute approximate surface area is 308 Å². The van der Waals surface area contributed by atoms with Crippen molar-refractivity contribution in [1.29, 1.82) is 0 Å². The highest BCUT2D eigenvalue weighted by molar-refractivity contribution is 6.19. The highest BCUT2D eigenvalue weighted by atomic mass is 15.0. The number of nitrogens with zero attached hydrogens (tertiary/aromatic N) is 2. The molecular weight excluding hydrogens is 641 g/mol. The van der Waals surface area contributed by atoms with Crippen LogP contribution in [0.5, 0.6) is 0 Å².